The van der Waals surface area contributed by atoms with Gasteiger partial charge in [-0.15, -0.1) is 11.3 Å². The Hall–Kier alpha value is -3.37. The molecule has 3 atom stereocenters. The van der Waals surface area contributed by atoms with Gasteiger partial charge in [-0.2, -0.15) is 9.97 Å². The highest BCUT2D eigenvalue weighted by molar-refractivity contribution is 7.23. The van der Waals surface area contributed by atoms with Gasteiger partial charge in [-0.1, -0.05) is 17.7 Å². The van der Waals surface area contributed by atoms with Gasteiger partial charge in [0.15, 0.2) is 11.6 Å². The smallest absolute Gasteiger partial charge is 0.319 e. The van der Waals surface area contributed by atoms with Gasteiger partial charge in [-0.05, 0) is 56.3 Å². The molecule has 4 aromatic rings. The van der Waals surface area contributed by atoms with Gasteiger partial charge < -0.3 is 20.1 Å². The summed E-state index contributed by atoms with van der Waals surface area (Å²) in [6, 6.07) is 0.984. The lowest BCUT2D eigenvalue weighted by molar-refractivity contribution is 0.0647. The van der Waals surface area contributed by atoms with Crippen molar-refractivity contribution in [2.75, 3.05) is 43.5 Å². The summed E-state index contributed by atoms with van der Waals surface area (Å²) in [7, 11) is 0. The molecular weight excluding hydrogens is 730 g/mol. The van der Waals surface area contributed by atoms with Gasteiger partial charge in [0.25, 0.3) is 12.3 Å². The third-order valence-electron chi connectivity index (χ3n) is 11.0. The number of halogens is 9. The number of nitrogens with two attached hydrogens (primary N) is 1. The van der Waals surface area contributed by atoms with E-state index in [1.165, 1.54) is 6.07 Å². The van der Waals surface area contributed by atoms with Gasteiger partial charge in [-0.3, -0.25) is 4.90 Å². The molecule has 2 aromatic heterocycles. The van der Waals surface area contributed by atoms with Crippen LogP contribution in [0.3, 0.4) is 0 Å². The molecule has 0 amide bonds. The van der Waals surface area contributed by atoms with Gasteiger partial charge in [-0.25, -0.2) is 35.1 Å². The minimum Gasteiger partial charge on any atom is -0.489 e. The Morgan fingerprint density at radius 3 is 2.59 bits per heavy atom. The number of nitrogen functional groups attached to an aromatic ring is 1. The molecule has 1 saturated carbocycles. The molecule has 8 rings (SSSR count). The summed E-state index contributed by atoms with van der Waals surface area (Å²) in [5, 5.41) is 0.132. The molecule has 51 heavy (non-hydrogen) atoms. The van der Waals surface area contributed by atoms with E-state index in [-0.39, 0.29) is 76.8 Å². The van der Waals surface area contributed by atoms with E-state index in [4.69, 9.17) is 26.8 Å². The SMILES string of the molecule is Cc1c(N)sc2c(F)ccc(-c3c(Cl)c4c5c(nc(OC[C@@]67CCCN6CC6(CC6(F)F)C7)nc5c3F)N(CC(F)F)C(CCC(F)F)CO4)c12. The number of nitrogens with zero attached hydrogens (tertiary/aromatic N) is 4. The maximum atomic E-state index is 17.1. The first-order valence-electron chi connectivity index (χ1n) is 16.6. The van der Waals surface area contributed by atoms with E-state index in [0.29, 0.717) is 28.9 Å². The molecule has 4 aliphatic rings. The summed E-state index contributed by atoms with van der Waals surface area (Å²) in [5.74, 6) is -4.83. The second-order valence-electron chi connectivity index (χ2n) is 14.1. The van der Waals surface area contributed by atoms with Crippen LogP contribution in [-0.4, -0.2) is 78.1 Å². The number of rotatable bonds is 9. The molecule has 3 fully saturated rings. The average Bonchev–Trinajstić information content (AvgIpc) is 3.30. The van der Waals surface area contributed by atoms with Crippen molar-refractivity contribution in [3.8, 4) is 22.9 Å². The molecule has 0 bridgehead atoms. The number of benzene rings is 2. The maximum absolute atomic E-state index is 17.1. The third-order valence-corrected chi connectivity index (χ3v) is 12.5. The van der Waals surface area contributed by atoms with Crippen molar-refractivity contribution in [3.05, 3.63) is 34.4 Å². The minimum absolute atomic E-state index is 0.128. The number of hydrogen-bond acceptors (Lipinski definition) is 8. The number of ether oxygens (including phenoxy) is 2. The average molecular weight is 762 g/mol. The number of alkyl halides is 6. The van der Waals surface area contributed by atoms with Crippen molar-refractivity contribution < 1.29 is 44.6 Å². The highest BCUT2D eigenvalue weighted by Crippen LogP contribution is 2.69. The van der Waals surface area contributed by atoms with Crippen molar-refractivity contribution in [1.82, 2.24) is 14.9 Å². The van der Waals surface area contributed by atoms with Gasteiger partial charge in [0, 0.05) is 30.3 Å². The monoisotopic (exact) mass is 761 g/mol. The number of fused-ring (bicyclic) bond motifs is 2. The molecule has 0 radical (unpaired) electrons. The fourth-order valence-corrected chi connectivity index (χ4v) is 9.80. The number of hydrogen-bond donors (Lipinski definition) is 1. The second kappa shape index (κ2) is 12.1. The Labute approximate surface area is 295 Å². The third kappa shape index (κ3) is 5.44. The Morgan fingerprint density at radius 2 is 1.88 bits per heavy atom. The van der Waals surface area contributed by atoms with E-state index in [1.54, 1.807) is 6.92 Å². The van der Waals surface area contributed by atoms with Crippen molar-refractivity contribution in [2.24, 2.45) is 5.41 Å². The van der Waals surface area contributed by atoms with Crippen LogP contribution < -0.4 is 20.1 Å². The highest BCUT2D eigenvalue weighted by atomic mass is 35.5. The van der Waals surface area contributed by atoms with Gasteiger partial charge in [0.2, 0.25) is 6.43 Å². The fourth-order valence-electron chi connectivity index (χ4n) is 8.46. The summed E-state index contributed by atoms with van der Waals surface area (Å²) in [6.07, 6.45) is -5.37. The summed E-state index contributed by atoms with van der Waals surface area (Å²) in [5.41, 5.74) is 4.21. The number of aryl methyl sites for hydroxylation is 1. The normalized spacial score (nSPS) is 25.4. The molecule has 17 heteroatoms. The summed E-state index contributed by atoms with van der Waals surface area (Å²) in [4.78, 5) is 11.9. The van der Waals surface area contributed by atoms with Crippen molar-refractivity contribution in [1.29, 1.82) is 0 Å². The van der Waals surface area contributed by atoms with E-state index in [9.17, 15) is 30.7 Å². The summed E-state index contributed by atoms with van der Waals surface area (Å²) < 4.78 is 129. The zero-order chi connectivity index (χ0) is 36.2. The molecule has 274 valence electrons. The molecule has 2 saturated heterocycles. The van der Waals surface area contributed by atoms with Crippen molar-refractivity contribution in [2.45, 2.75) is 75.8 Å². The number of thiophene rings is 1. The van der Waals surface area contributed by atoms with Crippen LogP contribution in [0.25, 0.3) is 32.1 Å². The Balaban J connectivity index is 1.31. The van der Waals surface area contributed by atoms with Crippen LogP contribution in [0.5, 0.6) is 11.8 Å². The molecule has 2 unspecified atom stereocenters. The van der Waals surface area contributed by atoms with E-state index in [1.807, 2.05) is 4.90 Å². The minimum atomic E-state index is -2.96. The van der Waals surface area contributed by atoms with Gasteiger partial charge in [0.05, 0.1) is 43.7 Å². The van der Waals surface area contributed by atoms with E-state index in [2.05, 4.69) is 9.97 Å². The quantitative estimate of drug-likeness (QED) is 0.171. The molecule has 2 N–H and O–H groups in total. The Kier molecular flexibility index (Phi) is 8.22. The molecular formula is C34H32ClF8N5O2S. The molecule has 1 aliphatic carbocycles. The van der Waals surface area contributed by atoms with E-state index >= 15 is 4.39 Å². The highest BCUT2D eigenvalue weighted by Gasteiger charge is 2.77. The summed E-state index contributed by atoms with van der Waals surface area (Å²) >= 11 is 7.88. The molecule has 5 heterocycles. The molecule has 2 aromatic carbocycles. The lowest BCUT2D eigenvalue weighted by Crippen LogP contribution is -2.44. The van der Waals surface area contributed by atoms with Crippen LogP contribution in [0.2, 0.25) is 5.02 Å². The predicted molar refractivity (Wildman–Crippen MR) is 178 cm³/mol. The Morgan fingerprint density at radius 1 is 1.12 bits per heavy atom. The molecule has 1 spiro atoms. The fraction of sp³-hybridized carbons (Fsp3) is 0.529. The van der Waals surface area contributed by atoms with Crippen molar-refractivity contribution >= 4 is 54.7 Å². The first kappa shape index (κ1) is 34.7. The van der Waals surface area contributed by atoms with Crippen LogP contribution in [0.1, 0.15) is 44.1 Å². The van der Waals surface area contributed by atoms with E-state index in [0.717, 1.165) is 28.7 Å². The number of aromatic nitrogens is 2. The van der Waals surface area contributed by atoms with Crippen LogP contribution in [-0.2, 0) is 0 Å². The number of anilines is 2. The van der Waals surface area contributed by atoms with Gasteiger partial charge in [0.1, 0.15) is 30.4 Å². The van der Waals surface area contributed by atoms with Crippen LogP contribution in [0.15, 0.2) is 12.1 Å². The van der Waals surface area contributed by atoms with Crippen LogP contribution in [0, 0.1) is 24.0 Å². The zero-order valence-electron chi connectivity index (χ0n) is 27.2. The largest absolute Gasteiger partial charge is 0.489 e. The van der Waals surface area contributed by atoms with Crippen LogP contribution >= 0.6 is 22.9 Å². The topological polar surface area (TPSA) is 76.7 Å². The molecule has 7 nitrogen and oxygen atoms in total. The van der Waals surface area contributed by atoms with Crippen molar-refractivity contribution in [3.63, 3.8) is 0 Å². The van der Waals surface area contributed by atoms with Crippen LogP contribution in [0.4, 0.5) is 45.9 Å². The lowest BCUT2D eigenvalue weighted by atomic mass is 9.89. The summed E-state index contributed by atoms with van der Waals surface area (Å²) in [6.45, 7) is 0.963. The zero-order valence-corrected chi connectivity index (χ0v) is 28.7. The maximum Gasteiger partial charge on any atom is 0.319 e. The predicted octanol–water partition coefficient (Wildman–Crippen LogP) is 8.85. The van der Waals surface area contributed by atoms with E-state index < -0.39 is 71.9 Å². The standard InChI is InChI=1S/C34H32ClF8N5O2S/c1-15-21-17(4-5-18(36)28(21)51-29(15)44)22-24(35)27-23-26(25(22)41)45-31(46-30(23)48(9-20(39)40)16(10-49-27)3-6-19(37)38)50-14-33-7-2-8-47(33)13-32(11-33)12-34(32,42)43/h4-5,16,19-20H,2-3,6-14,44H2,1H3/t16?,32?,33-/m0/s1. The first-order valence-corrected chi connectivity index (χ1v) is 17.8. The Bertz CT molecular complexity index is 2070. The van der Waals surface area contributed by atoms with Gasteiger partial charge >= 0.3 is 6.01 Å². The molecule has 3 aliphatic heterocycles. The first-order chi connectivity index (χ1) is 24.1. The second-order valence-corrected chi connectivity index (χ2v) is 15.6. The lowest BCUT2D eigenvalue weighted by Gasteiger charge is -2.32.